The van der Waals surface area contributed by atoms with E-state index in [4.69, 9.17) is 0 Å². The van der Waals surface area contributed by atoms with Crippen LogP contribution >= 0.6 is 0 Å². The highest BCUT2D eigenvalue weighted by molar-refractivity contribution is 6.00. The Morgan fingerprint density at radius 2 is 1.67 bits per heavy atom. The molecule has 0 radical (unpaired) electrons. The van der Waals surface area contributed by atoms with E-state index in [0.717, 1.165) is 44.4 Å². The summed E-state index contributed by atoms with van der Waals surface area (Å²) in [6.45, 7) is 6.96. The summed E-state index contributed by atoms with van der Waals surface area (Å²) < 4.78 is 0. The van der Waals surface area contributed by atoms with Crippen LogP contribution in [0, 0.1) is 5.92 Å². The van der Waals surface area contributed by atoms with Gasteiger partial charge >= 0.3 is 5.97 Å². The number of hydrogen-bond donors (Lipinski definition) is 1. The van der Waals surface area contributed by atoms with Gasteiger partial charge in [-0.05, 0) is 19.8 Å². The van der Waals surface area contributed by atoms with Crippen molar-refractivity contribution in [3.8, 4) is 0 Å². The van der Waals surface area contributed by atoms with Gasteiger partial charge in [-0.2, -0.15) is 0 Å². The van der Waals surface area contributed by atoms with Gasteiger partial charge in [0, 0.05) is 12.3 Å². The summed E-state index contributed by atoms with van der Waals surface area (Å²) in [5.41, 5.74) is 0.801. The summed E-state index contributed by atoms with van der Waals surface area (Å²) in [5, 5.41) is 9.20. The molecular formula is C15H29NO2. The zero-order chi connectivity index (χ0) is 13.8. The molecule has 0 aliphatic heterocycles. The molecule has 0 saturated carbocycles. The molecule has 1 atom stereocenters. The topological polar surface area (TPSA) is 49.7 Å². The van der Waals surface area contributed by atoms with E-state index in [1.54, 1.807) is 0 Å². The van der Waals surface area contributed by atoms with Gasteiger partial charge in [0.25, 0.3) is 0 Å². The number of aliphatic carboxylic acids is 1. The summed E-state index contributed by atoms with van der Waals surface area (Å²) in [5.74, 6) is -1.09. The van der Waals surface area contributed by atoms with Crippen LogP contribution in [0.3, 0.4) is 0 Å². The van der Waals surface area contributed by atoms with Crippen molar-refractivity contribution >= 4 is 11.7 Å². The first-order valence-electron chi connectivity index (χ1n) is 7.37. The number of rotatable bonds is 11. The van der Waals surface area contributed by atoms with E-state index >= 15 is 0 Å². The van der Waals surface area contributed by atoms with Crippen LogP contribution in [0.1, 0.15) is 72.1 Å². The van der Waals surface area contributed by atoms with Crippen molar-refractivity contribution in [1.29, 1.82) is 0 Å². The Hall–Kier alpha value is -0.860. The minimum Gasteiger partial charge on any atom is -0.481 e. The molecule has 1 unspecified atom stereocenters. The third-order valence-electron chi connectivity index (χ3n) is 3.27. The fourth-order valence-electron chi connectivity index (χ4n) is 2.01. The van der Waals surface area contributed by atoms with Gasteiger partial charge in [0.1, 0.15) is 0 Å². The number of aliphatic imine (C=N–C) groups is 1. The van der Waals surface area contributed by atoms with E-state index in [0.29, 0.717) is 0 Å². The Bertz CT molecular complexity index is 249. The molecule has 0 aliphatic carbocycles. The van der Waals surface area contributed by atoms with Crippen molar-refractivity contribution in [3.63, 3.8) is 0 Å². The van der Waals surface area contributed by atoms with E-state index in [-0.39, 0.29) is 5.92 Å². The zero-order valence-corrected chi connectivity index (χ0v) is 12.2. The highest BCUT2D eigenvalue weighted by atomic mass is 16.4. The zero-order valence-electron chi connectivity index (χ0n) is 12.2. The summed E-state index contributed by atoms with van der Waals surface area (Å²) in [6, 6.07) is 0. The number of carboxylic acids is 1. The summed E-state index contributed by atoms with van der Waals surface area (Å²) >= 11 is 0. The smallest absolute Gasteiger partial charge is 0.312 e. The van der Waals surface area contributed by atoms with E-state index in [1.807, 2.05) is 6.92 Å². The van der Waals surface area contributed by atoms with E-state index in [9.17, 15) is 9.90 Å². The molecule has 18 heavy (non-hydrogen) atoms. The molecule has 0 amide bonds. The molecule has 3 heteroatoms. The molecule has 106 valence electrons. The standard InChI is InChI=1S/C15H29NO2/c1-4-6-8-10-12-16-13(3)14(15(17)18)11-9-7-5-2/h14H,4-12H2,1-3H3,(H,17,18). The van der Waals surface area contributed by atoms with Crippen molar-refractivity contribution in [3.05, 3.63) is 0 Å². The van der Waals surface area contributed by atoms with Crippen LogP contribution in [0.2, 0.25) is 0 Å². The SMILES string of the molecule is CCCCCCN=C(C)C(CCCCC)C(=O)O. The van der Waals surface area contributed by atoms with Crippen LogP contribution in [0.5, 0.6) is 0 Å². The van der Waals surface area contributed by atoms with Gasteiger partial charge in [-0.15, -0.1) is 0 Å². The van der Waals surface area contributed by atoms with Crippen molar-refractivity contribution in [2.24, 2.45) is 10.9 Å². The Balaban J connectivity index is 4.07. The molecule has 0 aromatic carbocycles. The maximum atomic E-state index is 11.2. The van der Waals surface area contributed by atoms with Gasteiger partial charge in [0.15, 0.2) is 0 Å². The Labute approximate surface area is 112 Å². The lowest BCUT2D eigenvalue weighted by Gasteiger charge is -2.12. The van der Waals surface area contributed by atoms with E-state index < -0.39 is 5.97 Å². The number of carboxylic acid groups (broad SMARTS) is 1. The van der Waals surface area contributed by atoms with Gasteiger partial charge in [0.2, 0.25) is 0 Å². The molecular weight excluding hydrogens is 226 g/mol. The fourth-order valence-corrected chi connectivity index (χ4v) is 2.01. The third kappa shape index (κ3) is 8.26. The molecule has 0 heterocycles. The van der Waals surface area contributed by atoms with Crippen LogP contribution < -0.4 is 0 Å². The second-order valence-electron chi connectivity index (χ2n) is 4.97. The van der Waals surface area contributed by atoms with Gasteiger partial charge in [-0.25, -0.2) is 0 Å². The average molecular weight is 255 g/mol. The second kappa shape index (κ2) is 11.2. The minimum atomic E-state index is -0.721. The molecule has 0 aromatic heterocycles. The first-order chi connectivity index (χ1) is 8.63. The van der Waals surface area contributed by atoms with Crippen LogP contribution in [0.15, 0.2) is 4.99 Å². The van der Waals surface area contributed by atoms with Gasteiger partial charge < -0.3 is 5.11 Å². The number of unbranched alkanes of at least 4 members (excludes halogenated alkanes) is 5. The lowest BCUT2D eigenvalue weighted by Crippen LogP contribution is -2.22. The number of carbonyl (C=O) groups is 1. The second-order valence-corrected chi connectivity index (χ2v) is 4.97. The monoisotopic (exact) mass is 255 g/mol. The minimum absolute atomic E-state index is 0.372. The van der Waals surface area contributed by atoms with E-state index in [1.165, 1.54) is 19.3 Å². The lowest BCUT2D eigenvalue weighted by molar-refractivity contribution is -0.139. The number of nitrogens with zero attached hydrogens (tertiary/aromatic N) is 1. The highest BCUT2D eigenvalue weighted by Gasteiger charge is 2.19. The van der Waals surface area contributed by atoms with Crippen LogP contribution in [0.4, 0.5) is 0 Å². The summed E-state index contributed by atoms with van der Waals surface area (Å²) in [6.07, 6.45) is 8.68. The third-order valence-corrected chi connectivity index (χ3v) is 3.27. The molecule has 0 fully saturated rings. The van der Waals surface area contributed by atoms with Crippen LogP contribution in [-0.2, 0) is 4.79 Å². The Morgan fingerprint density at radius 3 is 2.22 bits per heavy atom. The first kappa shape index (κ1) is 17.1. The maximum absolute atomic E-state index is 11.2. The first-order valence-corrected chi connectivity index (χ1v) is 7.37. The average Bonchev–Trinajstić information content (AvgIpc) is 2.33. The van der Waals surface area contributed by atoms with Crippen LogP contribution in [0.25, 0.3) is 0 Å². The molecule has 0 saturated heterocycles. The molecule has 0 aliphatic rings. The van der Waals surface area contributed by atoms with Crippen molar-refractivity contribution in [2.75, 3.05) is 6.54 Å². The van der Waals surface area contributed by atoms with Gasteiger partial charge in [0.05, 0.1) is 5.92 Å². The lowest BCUT2D eigenvalue weighted by atomic mass is 9.97. The molecule has 0 spiro atoms. The highest BCUT2D eigenvalue weighted by Crippen LogP contribution is 2.13. The molecule has 1 N–H and O–H groups in total. The predicted octanol–water partition coefficient (Wildman–Crippen LogP) is 4.31. The van der Waals surface area contributed by atoms with E-state index in [2.05, 4.69) is 18.8 Å². The van der Waals surface area contributed by atoms with Crippen molar-refractivity contribution in [2.45, 2.75) is 72.1 Å². The Morgan fingerprint density at radius 1 is 1.06 bits per heavy atom. The van der Waals surface area contributed by atoms with Crippen LogP contribution in [-0.4, -0.2) is 23.3 Å². The summed E-state index contributed by atoms with van der Waals surface area (Å²) in [7, 11) is 0. The maximum Gasteiger partial charge on any atom is 0.312 e. The Kier molecular flexibility index (Phi) is 10.7. The normalized spacial score (nSPS) is 13.6. The number of hydrogen-bond acceptors (Lipinski definition) is 2. The fraction of sp³-hybridized carbons (Fsp3) is 0.867. The van der Waals surface area contributed by atoms with Gasteiger partial charge in [-0.3, -0.25) is 9.79 Å². The quantitative estimate of drug-likeness (QED) is 0.442. The molecule has 3 nitrogen and oxygen atoms in total. The largest absolute Gasteiger partial charge is 0.481 e. The molecule has 0 rings (SSSR count). The van der Waals surface area contributed by atoms with Crippen molar-refractivity contribution in [1.82, 2.24) is 0 Å². The molecule has 0 aromatic rings. The predicted molar refractivity (Wildman–Crippen MR) is 77.4 cm³/mol. The molecule has 0 bridgehead atoms. The van der Waals surface area contributed by atoms with Crippen molar-refractivity contribution < 1.29 is 9.90 Å². The summed E-state index contributed by atoms with van der Waals surface area (Å²) in [4.78, 5) is 15.6. The van der Waals surface area contributed by atoms with Gasteiger partial charge in [-0.1, -0.05) is 52.4 Å².